The van der Waals surface area contributed by atoms with Gasteiger partial charge in [0.05, 0.1) is 0 Å². The van der Waals surface area contributed by atoms with Crippen molar-refractivity contribution < 1.29 is 39.0 Å². The first kappa shape index (κ1) is 13.8. The molecule has 4 heteroatoms. The molecule has 0 amide bonds. The van der Waals surface area contributed by atoms with E-state index in [1.54, 1.807) is 0 Å². The smallest absolute Gasteiger partial charge is 0.798 e. The van der Waals surface area contributed by atoms with Crippen molar-refractivity contribution in [2.75, 3.05) is 0 Å². The van der Waals surface area contributed by atoms with Crippen LogP contribution in [0.2, 0.25) is 0 Å². The second-order valence-electron chi connectivity index (χ2n) is 3.98. The maximum atomic E-state index is 11.5. The summed E-state index contributed by atoms with van der Waals surface area (Å²) in [6.45, 7) is 0. The minimum absolute atomic E-state index is 0. The molecule has 0 aliphatic heterocycles. The molecule has 0 N–H and O–H groups in total. The maximum absolute atomic E-state index is 11.5. The molecule has 1 unspecified atom stereocenters. The van der Waals surface area contributed by atoms with E-state index in [-0.39, 0.29) is 29.6 Å². The Morgan fingerprint density at radius 3 is 1.72 bits per heavy atom. The molecule has 0 radical (unpaired) electrons. The number of rotatable bonds is 1. The Morgan fingerprint density at radius 1 is 0.833 bits per heavy atom. The van der Waals surface area contributed by atoms with Gasteiger partial charge in [0.15, 0.2) is 0 Å². The van der Waals surface area contributed by atoms with E-state index in [9.17, 15) is 9.46 Å². The normalized spacial score (nSPS) is 12.3. The van der Waals surface area contributed by atoms with Crippen LogP contribution >= 0.6 is 8.03 Å². The molecule has 3 aromatic carbocycles. The van der Waals surface area contributed by atoms with E-state index in [2.05, 4.69) is 0 Å². The summed E-state index contributed by atoms with van der Waals surface area (Å²) >= 11 is 0. The van der Waals surface area contributed by atoms with Crippen molar-refractivity contribution in [3.63, 3.8) is 0 Å². The van der Waals surface area contributed by atoms with E-state index >= 15 is 0 Å². The first-order valence-corrected chi connectivity index (χ1v) is 6.71. The maximum Gasteiger partial charge on any atom is 1.00 e. The molecule has 84 valence electrons. The summed E-state index contributed by atoms with van der Waals surface area (Å²) in [5.74, 6) is 0. The molecule has 0 saturated heterocycles. The van der Waals surface area contributed by atoms with Gasteiger partial charge in [-0.15, -0.1) is 0 Å². The fraction of sp³-hybridized carbons (Fsp3) is 0. The zero-order valence-electron chi connectivity index (χ0n) is 10.0. The molecule has 0 aromatic heterocycles. The van der Waals surface area contributed by atoms with Gasteiger partial charge in [0.25, 0.3) is 0 Å². The average molecular weight is 264 g/mol. The Morgan fingerprint density at radius 2 is 1.28 bits per heavy atom. The summed E-state index contributed by atoms with van der Waals surface area (Å²) < 4.78 is 11.5. The van der Waals surface area contributed by atoms with Gasteiger partial charge in [-0.3, -0.25) is 0 Å². The fourth-order valence-corrected chi connectivity index (χ4v) is 3.13. The van der Waals surface area contributed by atoms with Gasteiger partial charge in [0.2, 0.25) is 0 Å². The van der Waals surface area contributed by atoms with Crippen LogP contribution < -0.4 is 39.8 Å². The SMILES string of the molecule is O=[PH]([O-])c1c2ccccc2cc2ccccc12.[Na+]. The second-order valence-corrected chi connectivity index (χ2v) is 5.06. The first-order chi connectivity index (χ1) is 8.27. The van der Waals surface area contributed by atoms with Crippen molar-refractivity contribution in [2.45, 2.75) is 0 Å². The van der Waals surface area contributed by atoms with Crippen LogP contribution in [-0.4, -0.2) is 0 Å². The van der Waals surface area contributed by atoms with Crippen molar-refractivity contribution in [1.82, 2.24) is 0 Å². The van der Waals surface area contributed by atoms with Crippen molar-refractivity contribution in [2.24, 2.45) is 0 Å². The van der Waals surface area contributed by atoms with E-state index in [0.717, 1.165) is 21.5 Å². The van der Waals surface area contributed by atoms with Gasteiger partial charge in [-0.2, -0.15) is 0 Å². The van der Waals surface area contributed by atoms with Crippen molar-refractivity contribution >= 4 is 34.9 Å². The largest absolute Gasteiger partial charge is 1.00 e. The molecule has 0 heterocycles. The van der Waals surface area contributed by atoms with Gasteiger partial charge in [-0.05, 0) is 27.6 Å². The van der Waals surface area contributed by atoms with Gasteiger partial charge in [-0.25, -0.2) is 0 Å². The van der Waals surface area contributed by atoms with Gasteiger partial charge in [0.1, 0.15) is 0 Å². The van der Waals surface area contributed by atoms with Crippen LogP contribution in [0.15, 0.2) is 54.6 Å². The summed E-state index contributed by atoms with van der Waals surface area (Å²) in [4.78, 5) is 11.5. The molecule has 2 nitrogen and oxygen atoms in total. The summed E-state index contributed by atoms with van der Waals surface area (Å²) in [6.07, 6.45) is 0. The zero-order chi connectivity index (χ0) is 11.8. The van der Waals surface area contributed by atoms with Gasteiger partial charge < -0.3 is 9.46 Å². The third kappa shape index (κ3) is 2.27. The van der Waals surface area contributed by atoms with Crippen LogP contribution in [0, 0.1) is 0 Å². The van der Waals surface area contributed by atoms with Crippen LogP contribution in [-0.2, 0) is 4.57 Å². The van der Waals surface area contributed by atoms with Crippen LogP contribution in [0.3, 0.4) is 0 Å². The Kier molecular flexibility index (Phi) is 4.26. The minimum Gasteiger partial charge on any atom is -0.798 e. The van der Waals surface area contributed by atoms with Gasteiger partial charge >= 0.3 is 29.6 Å². The zero-order valence-corrected chi connectivity index (χ0v) is 13.0. The number of hydrogen-bond acceptors (Lipinski definition) is 2. The second kappa shape index (κ2) is 5.56. The molecular formula is C14H10NaO2P. The number of benzene rings is 3. The molecule has 1 atom stereocenters. The molecule has 0 saturated carbocycles. The predicted molar refractivity (Wildman–Crippen MR) is 70.1 cm³/mol. The Balaban J connectivity index is 0.00000120. The monoisotopic (exact) mass is 264 g/mol. The van der Waals surface area contributed by atoms with Crippen molar-refractivity contribution in [1.29, 1.82) is 0 Å². The van der Waals surface area contributed by atoms with Crippen LogP contribution in [0.1, 0.15) is 0 Å². The van der Waals surface area contributed by atoms with Gasteiger partial charge in [0, 0.05) is 13.3 Å². The standard InChI is InChI=1S/C14H11O2P.Na/c15-17(16)14-12-7-3-1-5-10(12)9-11-6-2-4-8-13(11)14;/h1-9,17H,(H,15,16);/q;+1/p-1. The van der Waals surface area contributed by atoms with Crippen LogP contribution in [0.4, 0.5) is 0 Å². The van der Waals surface area contributed by atoms with E-state index < -0.39 is 8.03 Å². The molecular weight excluding hydrogens is 254 g/mol. The summed E-state index contributed by atoms with van der Waals surface area (Å²) in [6, 6.07) is 17.2. The molecule has 0 spiro atoms. The number of hydrogen-bond donors (Lipinski definition) is 0. The first-order valence-electron chi connectivity index (χ1n) is 5.39. The molecule has 3 rings (SSSR count). The fourth-order valence-electron chi connectivity index (χ4n) is 2.23. The summed E-state index contributed by atoms with van der Waals surface area (Å²) in [5, 5.41) is 4.02. The van der Waals surface area contributed by atoms with E-state index in [4.69, 9.17) is 0 Å². The van der Waals surface area contributed by atoms with E-state index in [1.807, 2.05) is 54.6 Å². The third-order valence-corrected chi connectivity index (χ3v) is 3.92. The van der Waals surface area contributed by atoms with E-state index in [1.165, 1.54) is 0 Å². The number of fused-ring (bicyclic) bond motifs is 2. The van der Waals surface area contributed by atoms with Gasteiger partial charge in [-0.1, -0.05) is 48.5 Å². The molecule has 0 aliphatic rings. The predicted octanol–water partition coefficient (Wildman–Crippen LogP) is -0.543. The van der Waals surface area contributed by atoms with E-state index in [0.29, 0.717) is 5.30 Å². The van der Waals surface area contributed by atoms with Crippen LogP contribution in [0.25, 0.3) is 21.5 Å². The summed E-state index contributed by atoms with van der Waals surface area (Å²) in [5.41, 5.74) is 0. The molecule has 3 aromatic rings. The Labute approximate surface area is 128 Å². The molecule has 0 fully saturated rings. The summed E-state index contributed by atoms with van der Waals surface area (Å²) in [7, 11) is -2.96. The average Bonchev–Trinajstić information content (AvgIpc) is 2.35. The Bertz CT molecular complexity index is 686. The third-order valence-electron chi connectivity index (χ3n) is 2.98. The molecule has 0 bridgehead atoms. The minimum atomic E-state index is -2.96. The van der Waals surface area contributed by atoms with Crippen molar-refractivity contribution in [3.05, 3.63) is 54.6 Å². The molecule has 18 heavy (non-hydrogen) atoms. The quantitative estimate of drug-likeness (QED) is 0.336. The Hall–Kier alpha value is -0.630. The van der Waals surface area contributed by atoms with Crippen molar-refractivity contribution in [3.8, 4) is 0 Å². The molecule has 0 aliphatic carbocycles. The topological polar surface area (TPSA) is 40.1 Å². The van der Waals surface area contributed by atoms with Crippen LogP contribution in [0.5, 0.6) is 0 Å².